The largest absolute Gasteiger partial charge is 0.309 e. The molecule has 5 heteroatoms. The van der Waals surface area contributed by atoms with Crippen LogP contribution in [0, 0.1) is 0 Å². The van der Waals surface area contributed by atoms with E-state index in [2.05, 4.69) is 20.5 Å². The molecule has 1 aliphatic heterocycles. The second-order valence-electron chi connectivity index (χ2n) is 2.20. The highest BCUT2D eigenvalue weighted by atomic mass is 16.2. The number of aromatic nitrogens is 2. The molecule has 0 spiro atoms. The summed E-state index contributed by atoms with van der Waals surface area (Å²) in [5.74, 6) is 0.532. The molecular formula is C6H6N4O. The minimum Gasteiger partial charge on any atom is -0.309 e. The fraction of sp³-hybridized carbons (Fsp3) is 0.167. The van der Waals surface area contributed by atoms with Crippen molar-refractivity contribution in [2.75, 3.05) is 6.54 Å². The second-order valence-corrected chi connectivity index (χ2v) is 2.20. The molecule has 0 aliphatic carbocycles. The van der Waals surface area contributed by atoms with Crippen molar-refractivity contribution in [3.8, 4) is 0 Å². The molecule has 0 atom stereocenters. The van der Waals surface area contributed by atoms with E-state index in [1.54, 1.807) is 12.4 Å². The van der Waals surface area contributed by atoms with Crippen molar-refractivity contribution in [1.82, 2.24) is 15.5 Å². The molecule has 0 aromatic carbocycles. The molecule has 11 heavy (non-hydrogen) atoms. The number of amides is 1. The van der Waals surface area contributed by atoms with E-state index in [0.717, 1.165) is 5.56 Å². The van der Waals surface area contributed by atoms with Gasteiger partial charge in [0, 0.05) is 6.20 Å². The van der Waals surface area contributed by atoms with E-state index in [-0.39, 0.29) is 12.5 Å². The Hall–Kier alpha value is -1.65. The summed E-state index contributed by atoms with van der Waals surface area (Å²) in [7, 11) is 0. The standard InChI is InChI=1S/C6H6N4O/c11-5-3-7-6(10-5)4-1-8-9-2-4/h1-2H,3H2,(H,8,9)(H,7,10,11). The predicted molar refractivity (Wildman–Crippen MR) is 38.1 cm³/mol. The minimum absolute atomic E-state index is 0.0683. The molecule has 2 rings (SSSR count). The number of carbonyl (C=O) groups is 1. The van der Waals surface area contributed by atoms with Crippen molar-refractivity contribution in [2.45, 2.75) is 0 Å². The van der Waals surface area contributed by atoms with Gasteiger partial charge in [-0.2, -0.15) is 5.10 Å². The van der Waals surface area contributed by atoms with Crippen LogP contribution < -0.4 is 5.32 Å². The van der Waals surface area contributed by atoms with Crippen LogP contribution in [0.5, 0.6) is 0 Å². The molecule has 1 aromatic heterocycles. The third-order valence-electron chi connectivity index (χ3n) is 1.41. The number of aliphatic imine (C=N–C) groups is 1. The van der Waals surface area contributed by atoms with Crippen LogP contribution in [0.25, 0.3) is 0 Å². The zero-order valence-corrected chi connectivity index (χ0v) is 5.66. The Bertz CT molecular complexity index is 300. The van der Waals surface area contributed by atoms with Gasteiger partial charge >= 0.3 is 0 Å². The fourth-order valence-electron chi connectivity index (χ4n) is 0.906. The average Bonchev–Trinajstić information content (AvgIpc) is 2.55. The van der Waals surface area contributed by atoms with E-state index >= 15 is 0 Å². The fourth-order valence-corrected chi connectivity index (χ4v) is 0.906. The third kappa shape index (κ3) is 1.000. The smallest absolute Gasteiger partial charge is 0.247 e. The Kier molecular flexibility index (Phi) is 1.21. The lowest BCUT2D eigenvalue weighted by molar-refractivity contribution is -0.117. The van der Waals surface area contributed by atoms with Gasteiger partial charge < -0.3 is 5.32 Å². The van der Waals surface area contributed by atoms with Gasteiger partial charge in [0.05, 0.1) is 11.8 Å². The summed E-state index contributed by atoms with van der Waals surface area (Å²) in [5, 5.41) is 8.98. The van der Waals surface area contributed by atoms with Gasteiger partial charge in [-0.1, -0.05) is 0 Å². The summed E-state index contributed by atoms with van der Waals surface area (Å²) in [5.41, 5.74) is 0.816. The first kappa shape index (κ1) is 6.09. The topological polar surface area (TPSA) is 70.1 Å². The molecule has 1 aliphatic rings. The van der Waals surface area contributed by atoms with Gasteiger partial charge in [-0.05, 0) is 0 Å². The highest BCUT2D eigenvalue weighted by molar-refractivity contribution is 6.12. The average molecular weight is 150 g/mol. The highest BCUT2D eigenvalue weighted by Gasteiger charge is 2.14. The Morgan fingerprint density at radius 2 is 2.45 bits per heavy atom. The highest BCUT2D eigenvalue weighted by Crippen LogP contribution is 1.99. The van der Waals surface area contributed by atoms with Crippen LogP contribution in [0.1, 0.15) is 5.56 Å². The zero-order valence-electron chi connectivity index (χ0n) is 5.66. The molecule has 0 fully saturated rings. The Balaban J connectivity index is 2.26. The van der Waals surface area contributed by atoms with Gasteiger partial charge in [-0.3, -0.25) is 14.9 Å². The quantitative estimate of drug-likeness (QED) is 0.555. The maximum atomic E-state index is 10.7. The molecule has 1 aromatic rings. The molecule has 1 amide bonds. The van der Waals surface area contributed by atoms with Crippen molar-refractivity contribution in [3.05, 3.63) is 18.0 Å². The van der Waals surface area contributed by atoms with Gasteiger partial charge in [0.2, 0.25) is 5.91 Å². The van der Waals surface area contributed by atoms with E-state index in [1.807, 2.05) is 0 Å². The number of hydrogen-bond donors (Lipinski definition) is 2. The number of amidine groups is 1. The molecule has 0 saturated carbocycles. The number of carbonyl (C=O) groups excluding carboxylic acids is 1. The molecule has 56 valence electrons. The second kappa shape index (κ2) is 2.19. The summed E-state index contributed by atoms with van der Waals surface area (Å²) >= 11 is 0. The van der Waals surface area contributed by atoms with Gasteiger partial charge in [-0.25, -0.2) is 0 Å². The van der Waals surface area contributed by atoms with Crippen LogP contribution in [0.3, 0.4) is 0 Å². The molecule has 5 nitrogen and oxygen atoms in total. The van der Waals surface area contributed by atoms with Crippen LogP contribution in [-0.4, -0.2) is 28.5 Å². The minimum atomic E-state index is -0.0683. The molecule has 0 radical (unpaired) electrons. The monoisotopic (exact) mass is 150 g/mol. The summed E-state index contributed by atoms with van der Waals surface area (Å²) in [4.78, 5) is 14.6. The summed E-state index contributed by atoms with van der Waals surface area (Å²) in [6, 6.07) is 0. The first-order chi connectivity index (χ1) is 5.36. The number of nitrogens with zero attached hydrogens (tertiary/aromatic N) is 2. The van der Waals surface area contributed by atoms with Crippen LogP contribution in [0.4, 0.5) is 0 Å². The predicted octanol–water partition coefficient (Wildman–Crippen LogP) is -0.714. The molecule has 0 saturated heterocycles. The first-order valence-electron chi connectivity index (χ1n) is 3.20. The number of nitrogens with one attached hydrogen (secondary N) is 2. The van der Waals surface area contributed by atoms with Crippen molar-refractivity contribution >= 4 is 11.7 Å². The zero-order chi connectivity index (χ0) is 7.68. The molecule has 0 unspecified atom stereocenters. The van der Waals surface area contributed by atoms with Gasteiger partial charge in [0.1, 0.15) is 12.4 Å². The van der Waals surface area contributed by atoms with Crippen LogP contribution >= 0.6 is 0 Å². The van der Waals surface area contributed by atoms with E-state index in [1.165, 1.54) is 0 Å². The Labute approximate surface area is 62.5 Å². The van der Waals surface area contributed by atoms with Crippen LogP contribution in [0.2, 0.25) is 0 Å². The Morgan fingerprint density at radius 1 is 1.55 bits per heavy atom. The number of hydrogen-bond acceptors (Lipinski definition) is 3. The molecular weight excluding hydrogens is 144 g/mol. The number of H-pyrrole nitrogens is 1. The van der Waals surface area contributed by atoms with Gasteiger partial charge in [0.15, 0.2) is 0 Å². The maximum absolute atomic E-state index is 10.7. The van der Waals surface area contributed by atoms with E-state index in [4.69, 9.17) is 0 Å². The van der Waals surface area contributed by atoms with Gasteiger partial charge in [-0.15, -0.1) is 0 Å². The van der Waals surface area contributed by atoms with E-state index in [0.29, 0.717) is 5.84 Å². The third-order valence-corrected chi connectivity index (χ3v) is 1.41. The SMILES string of the molecule is O=C1CN=C(c2cn[nH]c2)N1. The van der Waals surface area contributed by atoms with E-state index < -0.39 is 0 Å². The summed E-state index contributed by atoms with van der Waals surface area (Å²) < 4.78 is 0. The van der Waals surface area contributed by atoms with E-state index in [9.17, 15) is 4.79 Å². The number of rotatable bonds is 1. The van der Waals surface area contributed by atoms with Crippen LogP contribution in [0.15, 0.2) is 17.4 Å². The normalized spacial score (nSPS) is 16.4. The molecule has 0 bridgehead atoms. The first-order valence-corrected chi connectivity index (χ1v) is 3.20. The summed E-state index contributed by atoms with van der Waals surface area (Å²) in [6.07, 6.45) is 3.30. The van der Waals surface area contributed by atoms with Crippen molar-refractivity contribution in [3.63, 3.8) is 0 Å². The Morgan fingerprint density at radius 3 is 3.00 bits per heavy atom. The van der Waals surface area contributed by atoms with Crippen molar-refractivity contribution in [2.24, 2.45) is 4.99 Å². The lowest BCUT2D eigenvalue weighted by atomic mass is 10.3. The lowest BCUT2D eigenvalue weighted by Crippen LogP contribution is -2.24. The van der Waals surface area contributed by atoms with Gasteiger partial charge in [0.25, 0.3) is 0 Å². The summed E-state index contributed by atoms with van der Waals surface area (Å²) in [6.45, 7) is 0.223. The maximum Gasteiger partial charge on any atom is 0.247 e. The lowest BCUT2D eigenvalue weighted by Gasteiger charge is -1.93. The van der Waals surface area contributed by atoms with Crippen molar-refractivity contribution < 1.29 is 4.79 Å². The van der Waals surface area contributed by atoms with Crippen molar-refractivity contribution in [1.29, 1.82) is 0 Å². The molecule has 2 N–H and O–H groups in total. The van der Waals surface area contributed by atoms with Crippen LogP contribution in [-0.2, 0) is 4.79 Å². The molecule has 2 heterocycles. The number of aromatic amines is 1.